The van der Waals surface area contributed by atoms with Crippen LogP contribution < -0.4 is 21.1 Å². The summed E-state index contributed by atoms with van der Waals surface area (Å²) in [5, 5.41) is 6.72. The SMILES string of the molecule is CCNC(=NCc1ccc(C)cc1OC(C)C)NCCCN1CCCC(C(N)=O)C1.I. The van der Waals surface area contributed by atoms with Gasteiger partial charge < -0.3 is 26.0 Å². The number of nitrogens with two attached hydrogens (primary N) is 1. The fraction of sp³-hybridized carbons (Fsp3) is 0.652. The summed E-state index contributed by atoms with van der Waals surface area (Å²) < 4.78 is 5.96. The number of nitrogens with one attached hydrogen (secondary N) is 2. The van der Waals surface area contributed by atoms with Crippen LogP contribution in [0.25, 0.3) is 0 Å². The molecule has 1 fully saturated rings. The number of aryl methyl sites for hydroxylation is 1. The van der Waals surface area contributed by atoms with E-state index in [9.17, 15) is 4.79 Å². The predicted octanol–water partition coefficient (Wildman–Crippen LogP) is 3.04. The lowest BCUT2D eigenvalue weighted by Crippen LogP contribution is -2.43. The van der Waals surface area contributed by atoms with Crippen molar-refractivity contribution in [3.63, 3.8) is 0 Å². The molecule has 0 radical (unpaired) electrons. The maximum Gasteiger partial charge on any atom is 0.221 e. The summed E-state index contributed by atoms with van der Waals surface area (Å²) >= 11 is 0. The third-order valence-electron chi connectivity index (χ3n) is 5.19. The number of primary amides is 1. The van der Waals surface area contributed by atoms with E-state index in [0.717, 1.165) is 69.3 Å². The third kappa shape index (κ3) is 10.1. The maximum absolute atomic E-state index is 11.4. The number of guanidine groups is 1. The van der Waals surface area contributed by atoms with Crippen LogP contribution in [0.4, 0.5) is 0 Å². The van der Waals surface area contributed by atoms with Gasteiger partial charge in [-0.05, 0) is 71.7 Å². The summed E-state index contributed by atoms with van der Waals surface area (Å²) in [4.78, 5) is 18.5. The van der Waals surface area contributed by atoms with Gasteiger partial charge in [-0.15, -0.1) is 24.0 Å². The minimum Gasteiger partial charge on any atom is -0.491 e. The standard InChI is InChI=1S/C23H39N5O2.HI/c1-5-25-23(26-11-7-13-28-12-6-8-20(16-28)22(24)29)27-15-19-10-9-18(4)14-21(19)30-17(2)3;/h9-10,14,17,20H,5-8,11-13,15-16H2,1-4H3,(H2,24,29)(H2,25,26,27);1H. The van der Waals surface area contributed by atoms with Crippen molar-refractivity contribution < 1.29 is 9.53 Å². The number of halogens is 1. The van der Waals surface area contributed by atoms with Crippen molar-refractivity contribution in [2.24, 2.45) is 16.6 Å². The molecule has 1 aliphatic rings. The van der Waals surface area contributed by atoms with E-state index in [2.05, 4.69) is 47.6 Å². The highest BCUT2D eigenvalue weighted by Crippen LogP contribution is 2.22. The summed E-state index contributed by atoms with van der Waals surface area (Å²) in [6, 6.07) is 6.26. The molecule has 1 heterocycles. The van der Waals surface area contributed by atoms with E-state index >= 15 is 0 Å². The second-order valence-electron chi connectivity index (χ2n) is 8.30. The number of hydrogen-bond acceptors (Lipinski definition) is 4. The van der Waals surface area contributed by atoms with Crippen molar-refractivity contribution >= 4 is 35.8 Å². The number of aliphatic imine (C=N–C) groups is 1. The number of carbonyl (C=O) groups excluding carboxylic acids is 1. The van der Waals surface area contributed by atoms with Crippen LogP contribution in [0.5, 0.6) is 5.75 Å². The highest BCUT2D eigenvalue weighted by atomic mass is 127. The van der Waals surface area contributed by atoms with Crippen LogP contribution in [-0.2, 0) is 11.3 Å². The van der Waals surface area contributed by atoms with Gasteiger partial charge in [-0.3, -0.25) is 4.79 Å². The molecule has 0 spiro atoms. The summed E-state index contributed by atoms with van der Waals surface area (Å²) in [5.41, 5.74) is 7.73. The number of ether oxygens (including phenoxy) is 1. The number of likely N-dealkylation sites (tertiary alicyclic amines) is 1. The van der Waals surface area contributed by atoms with Gasteiger partial charge in [0.15, 0.2) is 5.96 Å². The number of carbonyl (C=O) groups is 1. The van der Waals surface area contributed by atoms with E-state index in [0.29, 0.717) is 6.54 Å². The first-order valence-electron chi connectivity index (χ1n) is 11.2. The van der Waals surface area contributed by atoms with Gasteiger partial charge in [-0.2, -0.15) is 0 Å². The van der Waals surface area contributed by atoms with Gasteiger partial charge >= 0.3 is 0 Å². The van der Waals surface area contributed by atoms with Crippen LogP contribution in [0.3, 0.4) is 0 Å². The zero-order chi connectivity index (χ0) is 21.9. The van der Waals surface area contributed by atoms with Crippen molar-refractivity contribution in [3.8, 4) is 5.75 Å². The van der Waals surface area contributed by atoms with Crippen molar-refractivity contribution in [2.75, 3.05) is 32.7 Å². The van der Waals surface area contributed by atoms with Crippen LogP contribution in [0, 0.1) is 12.8 Å². The molecule has 4 N–H and O–H groups in total. The molecule has 1 aromatic carbocycles. The Kier molecular flexibility index (Phi) is 12.9. The number of rotatable bonds is 10. The molecule has 1 aromatic rings. The Morgan fingerprint density at radius 1 is 1.35 bits per heavy atom. The number of amides is 1. The Morgan fingerprint density at radius 3 is 2.81 bits per heavy atom. The zero-order valence-corrected chi connectivity index (χ0v) is 21.8. The van der Waals surface area contributed by atoms with E-state index in [4.69, 9.17) is 15.5 Å². The van der Waals surface area contributed by atoms with E-state index < -0.39 is 0 Å². The van der Waals surface area contributed by atoms with E-state index in [1.165, 1.54) is 5.56 Å². The summed E-state index contributed by atoms with van der Waals surface area (Å²) in [5.74, 6) is 1.54. The number of piperidine rings is 1. The van der Waals surface area contributed by atoms with Gasteiger partial charge in [0.1, 0.15) is 5.75 Å². The van der Waals surface area contributed by atoms with Gasteiger partial charge in [-0.25, -0.2) is 4.99 Å². The molecule has 1 atom stereocenters. The lowest BCUT2D eigenvalue weighted by Gasteiger charge is -2.31. The highest BCUT2D eigenvalue weighted by molar-refractivity contribution is 14.0. The maximum atomic E-state index is 11.4. The Morgan fingerprint density at radius 2 is 2.13 bits per heavy atom. The molecule has 7 nitrogen and oxygen atoms in total. The van der Waals surface area contributed by atoms with E-state index in [1.807, 2.05) is 13.8 Å². The minimum absolute atomic E-state index is 0. The fourth-order valence-electron chi connectivity index (χ4n) is 3.66. The first-order chi connectivity index (χ1) is 14.4. The number of benzene rings is 1. The predicted molar refractivity (Wildman–Crippen MR) is 138 cm³/mol. The highest BCUT2D eigenvalue weighted by Gasteiger charge is 2.23. The van der Waals surface area contributed by atoms with Gasteiger partial charge in [0.05, 0.1) is 18.6 Å². The Balaban J connectivity index is 0.00000480. The molecule has 1 saturated heterocycles. The van der Waals surface area contributed by atoms with Crippen molar-refractivity contribution in [3.05, 3.63) is 29.3 Å². The van der Waals surface area contributed by atoms with E-state index in [1.54, 1.807) is 0 Å². The third-order valence-corrected chi connectivity index (χ3v) is 5.19. The molecular formula is C23H40IN5O2. The molecule has 0 aliphatic carbocycles. The summed E-state index contributed by atoms with van der Waals surface area (Å²) in [7, 11) is 0. The molecule has 1 aliphatic heterocycles. The molecule has 1 amide bonds. The Labute approximate surface area is 204 Å². The molecule has 0 bridgehead atoms. The number of nitrogens with zero attached hydrogens (tertiary/aromatic N) is 2. The molecule has 8 heteroatoms. The van der Waals surface area contributed by atoms with Crippen LogP contribution in [0.1, 0.15) is 51.2 Å². The molecular weight excluding hydrogens is 505 g/mol. The lowest BCUT2D eigenvalue weighted by atomic mass is 9.97. The molecule has 0 saturated carbocycles. The second kappa shape index (κ2) is 14.5. The van der Waals surface area contributed by atoms with Crippen LogP contribution in [0.15, 0.2) is 23.2 Å². The van der Waals surface area contributed by atoms with Gasteiger partial charge in [-0.1, -0.05) is 12.1 Å². The monoisotopic (exact) mass is 545 g/mol. The first kappa shape index (κ1) is 27.5. The molecule has 1 unspecified atom stereocenters. The van der Waals surface area contributed by atoms with Gasteiger partial charge in [0, 0.05) is 25.2 Å². The molecule has 0 aromatic heterocycles. The van der Waals surface area contributed by atoms with Crippen molar-refractivity contribution in [2.45, 2.75) is 59.6 Å². The van der Waals surface area contributed by atoms with Gasteiger partial charge in [0.2, 0.25) is 5.91 Å². The fourth-order valence-corrected chi connectivity index (χ4v) is 3.66. The van der Waals surface area contributed by atoms with E-state index in [-0.39, 0.29) is 41.9 Å². The first-order valence-corrected chi connectivity index (χ1v) is 11.2. The Bertz CT molecular complexity index is 711. The van der Waals surface area contributed by atoms with Crippen LogP contribution in [-0.4, -0.2) is 55.6 Å². The van der Waals surface area contributed by atoms with Crippen LogP contribution >= 0.6 is 24.0 Å². The van der Waals surface area contributed by atoms with Crippen LogP contribution in [0.2, 0.25) is 0 Å². The smallest absolute Gasteiger partial charge is 0.221 e. The minimum atomic E-state index is -0.170. The Hall–Kier alpha value is -1.55. The largest absolute Gasteiger partial charge is 0.491 e. The quantitative estimate of drug-likeness (QED) is 0.182. The average Bonchev–Trinajstić information content (AvgIpc) is 2.70. The zero-order valence-electron chi connectivity index (χ0n) is 19.4. The molecule has 176 valence electrons. The molecule has 31 heavy (non-hydrogen) atoms. The topological polar surface area (TPSA) is 92.0 Å². The lowest BCUT2D eigenvalue weighted by molar-refractivity contribution is -0.123. The summed E-state index contributed by atoms with van der Waals surface area (Å²) in [6.45, 7) is 13.2. The summed E-state index contributed by atoms with van der Waals surface area (Å²) in [6.07, 6.45) is 3.08. The normalized spacial score (nSPS) is 17.2. The number of hydrogen-bond donors (Lipinski definition) is 3. The van der Waals surface area contributed by atoms with Crippen molar-refractivity contribution in [1.29, 1.82) is 0 Å². The van der Waals surface area contributed by atoms with Crippen molar-refractivity contribution in [1.82, 2.24) is 15.5 Å². The van der Waals surface area contributed by atoms with Gasteiger partial charge in [0.25, 0.3) is 0 Å². The second-order valence-corrected chi connectivity index (χ2v) is 8.30. The molecule has 2 rings (SSSR count). The average molecular weight is 546 g/mol.